The fourth-order valence-corrected chi connectivity index (χ4v) is 8.87. The maximum Gasteiger partial charge on any atom is 0.136 e. The second kappa shape index (κ2) is 15.1. The molecule has 0 aliphatic rings. The zero-order valence-corrected chi connectivity index (χ0v) is 32.9. The van der Waals surface area contributed by atoms with Crippen LogP contribution in [0.25, 0.3) is 88.3 Å². The van der Waals surface area contributed by atoms with Crippen LogP contribution < -0.4 is 4.90 Å². The molecule has 282 valence electrons. The molecule has 0 radical (unpaired) electrons. The van der Waals surface area contributed by atoms with E-state index < -0.39 is 0 Å². The van der Waals surface area contributed by atoms with Crippen LogP contribution >= 0.6 is 0 Å². The smallest absolute Gasteiger partial charge is 0.136 e. The Labute approximate surface area is 349 Å². The second-order valence-electron chi connectivity index (χ2n) is 15.2. The lowest BCUT2D eigenvalue weighted by atomic mass is 9.87. The highest BCUT2D eigenvalue weighted by Gasteiger charge is 2.18. The first-order valence-electron chi connectivity index (χ1n) is 20.5. The van der Waals surface area contributed by atoms with Gasteiger partial charge in [0, 0.05) is 27.8 Å². The summed E-state index contributed by atoms with van der Waals surface area (Å²) in [6.07, 6.45) is 0. The molecule has 0 fully saturated rings. The molecule has 0 unspecified atom stereocenters. The summed E-state index contributed by atoms with van der Waals surface area (Å²) < 4.78 is 6.24. The number of benzene rings is 10. The first kappa shape index (κ1) is 35.2. The van der Waals surface area contributed by atoms with Gasteiger partial charge < -0.3 is 9.32 Å². The molecule has 2 nitrogen and oxygen atoms in total. The van der Waals surface area contributed by atoms with E-state index >= 15 is 0 Å². The molecule has 0 aliphatic carbocycles. The summed E-state index contributed by atoms with van der Waals surface area (Å²) in [5.74, 6) is 0. The van der Waals surface area contributed by atoms with Gasteiger partial charge in [-0.15, -0.1) is 0 Å². The van der Waals surface area contributed by atoms with Gasteiger partial charge in [-0.3, -0.25) is 0 Å². The molecule has 0 N–H and O–H groups in total. The van der Waals surface area contributed by atoms with Crippen LogP contribution in [0, 0.1) is 0 Å². The monoisotopic (exact) mass is 765 g/mol. The van der Waals surface area contributed by atoms with Crippen molar-refractivity contribution in [3.8, 4) is 55.6 Å². The number of nitrogens with zero attached hydrogens (tertiary/aromatic N) is 1. The van der Waals surface area contributed by atoms with E-state index in [1.807, 2.05) is 12.1 Å². The number of hydrogen-bond donors (Lipinski definition) is 0. The van der Waals surface area contributed by atoms with E-state index in [9.17, 15) is 0 Å². The fraction of sp³-hybridized carbons (Fsp3) is 0. The molecule has 1 heterocycles. The highest BCUT2D eigenvalue weighted by atomic mass is 16.3. The van der Waals surface area contributed by atoms with Crippen LogP contribution in [0.15, 0.2) is 241 Å². The van der Waals surface area contributed by atoms with Crippen LogP contribution in [0.3, 0.4) is 0 Å². The van der Waals surface area contributed by atoms with Crippen molar-refractivity contribution in [1.82, 2.24) is 0 Å². The van der Waals surface area contributed by atoms with Crippen molar-refractivity contribution in [2.24, 2.45) is 0 Å². The minimum absolute atomic E-state index is 0.901. The standard InChI is InChI=1S/C58H39NO/c1-2-16-41(17-3-1)48-19-6-8-21-51(48)53-23-10-11-24-54(53)52-22-9-7-20-49(52)42-30-34-45(35-31-42)59(47-38-29-40-15-4-5-18-44(40)39-47)46-36-32-43(33-37-46)50-26-14-28-57-58(50)55-25-12-13-27-56(55)60-57/h1-39H. The molecule has 0 saturated heterocycles. The van der Waals surface area contributed by atoms with Crippen molar-refractivity contribution < 1.29 is 4.42 Å². The quantitative estimate of drug-likeness (QED) is 0.153. The van der Waals surface area contributed by atoms with Crippen LogP contribution in [-0.4, -0.2) is 0 Å². The van der Waals surface area contributed by atoms with Gasteiger partial charge in [-0.1, -0.05) is 188 Å². The molecular formula is C58H39NO. The lowest BCUT2D eigenvalue weighted by Crippen LogP contribution is -2.09. The molecule has 0 spiro atoms. The Morgan fingerprint density at radius 2 is 0.700 bits per heavy atom. The maximum absolute atomic E-state index is 6.24. The van der Waals surface area contributed by atoms with Gasteiger partial charge in [0.25, 0.3) is 0 Å². The van der Waals surface area contributed by atoms with E-state index in [2.05, 4.69) is 229 Å². The van der Waals surface area contributed by atoms with E-state index in [1.54, 1.807) is 0 Å². The molecule has 2 heteroatoms. The number of fused-ring (bicyclic) bond motifs is 4. The van der Waals surface area contributed by atoms with Crippen molar-refractivity contribution in [2.45, 2.75) is 0 Å². The Balaban J connectivity index is 0.993. The number of anilines is 3. The molecule has 0 atom stereocenters. The Bertz CT molecular complexity index is 3310. The number of para-hydroxylation sites is 1. The Kier molecular flexibility index (Phi) is 8.87. The molecule has 0 bridgehead atoms. The minimum Gasteiger partial charge on any atom is -0.456 e. The summed E-state index contributed by atoms with van der Waals surface area (Å²) in [6, 6.07) is 84.9. The van der Waals surface area contributed by atoms with Crippen LogP contribution in [-0.2, 0) is 0 Å². The zero-order chi connectivity index (χ0) is 39.8. The molecule has 0 aliphatic heterocycles. The molecular weight excluding hydrogens is 727 g/mol. The van der Waals surface area contributed by atoms with Gasteiger partial charge in [0.05, 0.1) is 0 Å². The molecule has 1 aromatic heterocycles. The number of hydrogen-bond acceptors (Lipinski definition) is 2. The highest BCUT2D eigenvalue weighted by Crippen LogP contribution is 2.44. The van der Waals surface area contributed by atoms with Gasteiger partial charge >= 0.3 is 0 Å². The van der Waals surface area contributed by atoms with Crippen molar-refractivity contribution >= 4 is 49.8 Å². The van der Waals surface area contributed by atoms with Gasteiger partial charge in [0.15, 0.2) is 0 Å². The topological polar surface area (TPSA) is 16.4 Å². The molecule has 0 amide bonds. The van der Waals surface area contributed by atoms with Gasteiger partial charge in [-0.25, -0.2) is 0 Å². The number of rotatable bonds is 8. The third-order valence-corrected chi connectivity index (χ3v) is 11.7. The third kappa shape index (κ3) is 6.32. The lowest BCUT2D eigenvalue weighted by molar-refractivity contribution is 0.669. The van der Waals surface area contributed by atoms with E-state index in [0.29, 0.717) is 0 Å². The zero-order valence-electron chi connectivity index (χ0n) is 32.9. The Hall–Kier alpha value is -7.94. The van der Waals surface area contributed by atoms with Crippen molar-refractivity contribution in [3.63, 3.8) is 0 Å². The Morgan fingerprint density at radius 3 is 1.33 bits per heavy atom. The Morgan fingerprint density at radius 1 is 0.267 bits per heavy atom. The second-order valence-corrected chi connectivity index (χ2v) is 15.2. The minimum atomic E-state index is 0.901. The summed E-state index contributed by atoms with van der Waals surface area (Å²) in [7, 11) is 0. The van der Waals surface area contributed by atoms with Crippen LogP contribution in [0.4, 0.5) is 17.1 Å². The highest BCUT2D eigenvalue weighted by molar-refractivity contribution is 6.12. The fourth-order valence-electron chi connectivity index (χ4n) is 8.87. The van der Waals surface area contributed by atoms with E-state index in [1.165, 1.54) is 49.7 Å². The average Bonchev–Trinajstić information content (AvgIpc) is 3.72. The normalized spacial score (nSPS) is 11.3. The van der Waals surface area contributed by atoms with Gasteiger partial charge in [0.2, 0.25) is 0 Å². The molecule has 11 rings (SSSR count). The SMILES string of the molecule is c1ccc(-c2ccccc2-c2ccccc2-c2ccccc2-c2ccc(N(c3ccc(-c4cccc5oc6ccccc6c45)cc3)c3ccc4ccccc4c3)cc2)cc1. The maximum atomic E-state index is 6.24. The van der Waals surface area contributed by atoms with E-state index in [-0.39, 0.29) is 0 Å². The van der Waals surface area contributed by atoms with Gasteiger partial charge in [0.1, 0.15) is 11.2 Å². The van der Waals surface area contributed by atoms with Crippen molar-refractivity contribution in [3.05, 3.63) is 237 Å². The largest absolute Gasteiger partial charge is 0.456 e. The molecule has 11 aromatic rings. The predicted molar refractivity (Wildman–Crippen MR) is 253 cm³/mol. The number of furan rings is 1. The third-order valence-electron chi connectivity index (χ3n) is 11.7. The first-order chi connectivity index (χ1) is 29.8. The van der Waals surface area contributed by atoms with Crippen LogP contribution in [0.1, 0.15) is 0 Å². The van der Waals surface area contributed by atoms with E-state index in [0.717, 1.165) is 55.7 Å². The summed E-state index contributed by atoms with van der Waals surface area (Å²) >= 11 is 0. The molecule has 60 heavy (non-hydrogen) atoms. The van der Waals surface area contributed by atoms with Gasteiger partial charge in [-0.05, 0) is 115 Å². The first-order valence-corrected chi connectivity index (χ1v) is 20.5. The lowest BCUT2D eigenvalue weighted by Gasteiger charge is -2.26. The summed E-state index contributed by atoms with van der Waals surface area (Å²) in [6.45, 7) is 0. The predicted octanol–water partition coefficient (Wildman–Crippen LogP) is 16.5. The summed E-state index contributed by atoms with van der Waals surface area (Å²) in [5, 5.41) is 4.70. The van der Waals surface area contributed by atoms with Gasteiger partial charge in [-0.2, -0.15) is 0 Å². The summed E-state index contributed by atoms with van der Waals surface area (Å²) in [5.41, 5.74) is 17.0. The van der Waals surface area contributed by atoms with Crippen molar-refractivity contribution in [2.75, 3.05) is 4.90 Å². The summed E-state index contributed by atoms with van der Waals surface area (Å²) in [4.78, 5) is 2.36. The molecule has 0 saturated carbocycles. The van der Waals surface area contributed by atoms with Crippen molar-refractivity contribution in [1.29, 1.82) is 0 Å². The van der Waals surface area contributed by atoms with Crippen LogP contribution in [0.5, 0.6) is 0 Å². The average molecular weight is 766 g/mol. The molecule has 10 aromatic carbocycles. The van der Waals surface area contributed by atoms with E-state index in [4.69, 9.17) is 4.42 Å². The van der Waals surface area contributed by atoms with Crippen LogP contribution in [0.2, 0.25) is 0 Å².